The highest BCUT2D eigenvalue weighted by atomic mass is 19.1. The summed E-state index contributed by atoms with van der Waals surface area (Å²) in [7, 11) is 0. The van der Waals surface area contributed by atoms with Crippen molar-refractivity contribution in [2.45, 2.75) is 6.54 Å². The molecule has 0 fully saturated rings. The van der Waals surface area contributed by atoms with Gasteiger partial charge in [0.1, 0.15) is 5.82 Å². The number of nitrogens with one attached hydrogen (secondary N) is 2. The van der Waals surface area contributed by atoms with Crippen molar-refractivity contribution in [3.05, 3.63) is 48.5 Å². The summed E-state index contributed by atoms with van der Waals surface area (Å²) in [6, 6.07) is 7.51. The SMILES string of the molecule is O=C(CNCCn1cccn1)Nc1ccc(F)cc1. The van der Waals surface area contributed by atoms with E-state index >= 15 is 0 Å². The normalized spacial score (nSPS) is 10.4. The Hall–Kier alpha value is -2.21. The quantitative estimate of drug-likeness (QED) is 0.770. The third-order valence-corrected chi connectivity index (χ3v) is 2.49. The van der Waals surface area contributed by atoms with E-state index in [0.717, 1.165) is 0 Å². The van der Waals surface area contributed by atoms with Crippen molar-refractivity contribution in [1.82, 2.24) is 15.1 Å². The molecule has 0 unspecified atom stereocenters. The number of amides is 1. The van der Waals surface area contributed by atoms with Crippen LogP contribution in [0.15, 0.2) is 42.7 Å². The van der Waals surface area contributed by atoms with E-state index in [9.17, 15) is 9.18 Å². The summed E-state index contributed by atoms with van der Waals surface area (Å²) in [5.74, 6) is -0.484. The van der Waals surface area contributed by atoms with Gasteiger partial charge in [-0.3, -0.25) is 9.48 Å². The van der Waals surface area contributed by atoms with Crippen molar-refractivity contribution in [2.75, 3.05) is 18.4 Å². The molecule has 19 heavy (non-hydrogen) atoms. The molecule has 0 saturated heterocycles. The summed E-state index contributed by atoms with van der Waals surface area (Å²) in [6.45, 7) is 1.56. The molecule has 1 aromatic carbocycles. The van der Waals surface area contributed by atoms with Crippen LogP contribution in [0.2, 0.25) is 0 Å². The van der Waals surface area contributed by atoms with Crippen LogP contribution in [0.1, 0.15) is 0 Å². The van der Waals surface area contributed by atoms with Crippen LogP contribution < -0.4 is 10.6 Å². The van der Waals surface area contributed by atoms with Crippen LogP contribution >= 0.6 is 0 Å². The van der Waals surface area contributed by atoms with Gasteiger partial charge in [-0.15, -0.1) is 0 Å². The summed E-state index contributed by atoms with van der Waals surface area (Å²) >= 11 is 0. The second-order valence-electron chi connectivity index (χ2n) is 4.00. The Labute approximate surface area is 110 Å². The number of halogens is 1. The molecule has 1 heterocycles. The first-order valence-corrected chi connectivity index (χ1v) is 5.97. The molecule has 2 N–H and O–H groups in total. The van der Waals surface area contributed by atoms with Crippen molar-refractivity contribution in [1.29, 1.82) is 0 Å². The van der Waals surface area contributed by atoms with Crippen LogP contribution in [0.5, 0.6) is 0 Å². The van der Waals surface area contributed by atoms with E-state index in [4.69, 9.17) is 0 Å². The topological polar surface area (TPSA) is 59.0 Å². The van der Waals surface area contributed by atoms with Crippen LogP contribution in [0.3, 0.4) is 0 Å². The van der Waals surface area contributed by atoms with Gasteiger partial charge in [-0.25, -0.2) is 4.39 Å². The summed E-state index contributed by atoms with van der Waals surface area (Å²) in [5.41, 5.74) is 0.584. The van der Waals surface area contributed by atoms with Gasteiger partial charge in [0.05, 0.1) is 13.1 Å². The molecule has 0 aliphatic heterocycles. The first kappa shape index (κ1) is 13.2. The van der Waals surface area contributed by atoms with Crippen molar-refractivity contribution in [2.24, 2.45) is 0 Å². The molecule has 6 heteroatoms. The van der Waals surface area contributed by atoms with Gasteiger partial charge >= 0.3 is 0 Å². The molecule has 0 aliphatic rings. The van der Waals surface area contributed by atoms with Gasteiger partial charge in [-0.05, 0) is 30.3 Å². The van der Waals surface area contributed by atoms with Crippen LogP contribution in [0, 0.1) is 5.82 Å². The Kier molecular flexibility index (Phi) is 4.63. The summed E-state index contributed by atoms with van der Waals surface area (Å²) in [6.07, 6.45) is 3.57. The second-order valence-corrected chi connectivity index (χ2v) is 4.00. The molecule has 2 aromatic rings. The average molecular weight is 262 g/mol. The number of benzene rings is 1. The summed E-state index contributed by atoms with van der Waals surface area (Å²) < 4.78 is 14.5. The number of anilines is 1. The van der Waals surface area contributed by atoms with E-state index in [1.165, 1.54) is 24.3 Å². The fraction of sp³-hybridized carbons (Fsp3) is 0.231. The molecule has 0 bridgehead atoms. The Bertz CT molecular complexity index is 510. The highest BCUT2D eigenvalue weighted by Gasteiger charge is 2.01. The van der Waals surface area contributed by atoms with Crippen molar-refractivity contribution >= 4 is 11.6 Å². The minimum absolute atomic E-state index is 0.160. The fourth-order valence-electron chi connectivity index (χ4n) is 1.57. The first-order valence-electron chi connectivity index (χ1n) is 5.97. The monoisotopic (exact) mass is 262 g/mol. The lowest BCUT2D eigenvalue weighted by Gasteiger charge is -2.06. The number of rotatable bonds is 6. The van der Waals surface area contributed by atoms with E-state index in [-0.39, 0.29) is 18.3 Å². The molecule has 1 amide bonds. The number of carbonyl (C=O) groups excluding carboxylic acids is 1. The molecule has 0 saturated carbocycles. The highest BCUT2D eigenvalue weighted by molar-refractivity contribution is 5.92. The molecular formula is C13H15FN4O. The van der Waals surface area contributed by atoms with Gasteiger partial charge in [-0.2, -0.15) is 5.10 Å². The third-order valence-electron chi connectivity index (χ3n) is 2.49. The Morgan fingerprint density at radius 3 is 2.79 bits per heavy atom. The number of aromatic nitrogens is 2. The molecule has 0 aliphatic carbocycles. The maximum Gasteiger partial charge on any atom is 0.238 e. The largest absolute Gasteiger partial charge is 0.325 e. The number of hydrogen-bond donors (Lipinski definition) is 2. The van der Waals surface area contributed by atoms with E-state index in [1.807, 2.05) is 12.3 Å². The van der Waals surface area contributed by atoms with E-state index in [0.29, 0.717) is 18.8 Å². The summed E-state index contributed by atoms with van der Waals surface area (Å²) in [4.78, 5) is 11.6. The first-order chi connectivity index (χ1) is 9.24. The maximum atomic E-state index is 12.7. The lowest BCUT2D eigenvalue weighted by Crippen LogP contribution is -2.30. The van der Waals surface area contributed by atoms with E-state index < -0.39 is 0 Å². The number of carbonyl (C=O) groups is 1. The van der Waals surface area contributed by atoms with Gasteiger partial charge in [0.25, 0.3) is 0 Å². The predicted molar refractivity (Wildman–Crippen MR) is 70.1 cm³/mol. The average Bonchev–Trinajstić information content (AvgIpc) is 2.91. The van der Waals surface area contributed by atoms with Gasteiger partial charge in [0.2, 0.25) is 5.91 Å². The van der Waals surface area contributed by atoms with Crippen LogP contribution in [0.4, 0.5) is 10.1 Å². The van der Waals surface area contributed by atoms with E-state index in [1.54, 1.807) is 10.9 Å². The molecule has 100 valence electrons. The molecule has 5 nitrogen and oxygen atoms in total. The Morgan fingerprint density at radius 2 is 2.11 bits per heavy atom. The Balaban J connectivity index is 1.65. The van der Waals surface area contributed by atoms with Crippen LogP contribution in [0.25, 0.3) is 0 Å². The molecule has 1 aromatic heterocycles. The van der Waals surface area contributed by atoms with Crippen molar-refractivity contribution < 1.29 is 9.18 Å². The second kappa shape index (κ2) is 6.65. The number of hydrogen-bond acceptors (Lipinski definition) is 3. The third kappa shape index (κ3) is 4.51. The molecular weight excluding hydrogens is 247 g/mol. The smallest absolute Gasteiger partial charge is 0.238 e. The van der Waals surface area contributed by atoms with E-state index in [2.05, 4.69) is 15.7 Å². The maximum absolute atomic E-state index is 12.7. The minimum Gasteiger partial charge on any atom is -0.325 e. The molecule has 0 radical (unpaired) electrons. The fourth-order valence-corrected chi connectivity index (χ4v) is 1.57. The zero-order chi connectivity index (χ0) is 13.5. The zero-order valence-corrected chi connectivity index (χ0v) is 10.3. The van der Waals surface area contributed by atoms with Gasteiger partial charge < -0.3 is 10.6 Å². The molecule has 0 spiro atoms. The van der Waals surface area contributed by atoms with Crippen LogP contribution in [-0.2, 0) is 11.3 Å². The van der Waals surface area contributed by atoms with Gasteiger partial charge in [-0.1, -0.05) is 0 Å². The molecule has 0 atom stereocenters. The molecule has 2 rings (SSSR count). The van der Waals surface area contributed by atoms with Gasteiger partial charge in [0.15, 0.2) is 0 Å². The lowest BCUT2D eigenvalue weighted by atomic mass is 10.3. The predicted octanol–water partition coefficient (Wildman–Crippen LogP) is 1.25. The highest BCUT2D eigenvalue weighted by Crippen LogP contribution is 2.07. The summed E-state index contributed by atoms with van der Waals surface area (Å²) in [5, 5.41) is 9.73. The number of nitrogens with zero attached hydrogens (tertiary/aromatic N) is 2. The Morgan fingerprint density at radius 1 is 1.32 bits per heavy atom. The lowest BCUT2D eigenvalue weighted by molar-refractivity contribution is -0.115. The minimum atomic E-state index is -0.324. The zero-order valence-electron chi connectivity index (χ0n) is 10.3. The van der Waals surface area contributed by atoms with Crippen molar-refractivity contribution in [3.8, 4) is 0 Å². The van der Waals surface area contributed by atoms with Crippen molar-refractivity contribution in [3.63, 3.8) is 0 Å². The standard InChI is InChI=1S/C13H15FN4O/c14-11-2-4-12(5-3-11)17-13(19)10-15-7-9-18-8-1-6-16-18/h1-6,8,15H,7,9-10H2,(H,17,19). The van der Waals surface area contributed by atoms with Crippen LogP contribution in [-0.4, -0.2) is 28.8 Å². The van der Waals surface area contributed by atoms with Gasteiger partial charge in [0, 0.05) is 24.6 Å².